The summed E-state index contributed by atoms with van der Waals surface area (Å²) in [6.45, 7) is 0. The van der Waals surface area contributed by atoms with Crippen LogP contribution in [0.3, 0.4) is 0 Å². The fourth-order valence-electron chi connectivity index (χ4n) is 0.932. The van der Waals surface area contributed by atoms with Crippen molar-refractivity contribution < 1.29 is 10.2 Å². The Kier molecular flexibility index (Phi) is 4.80. The summed E-state index contributed by atoms with van der Waals surface area (Å²) in [6, 6.07) is 1.33. The van der Waals surface area contributed by atoms with Crippen molar-refractivity contribution in [3.63, 3.8) is 0 Å². The largest absolute Gasteiger partial charge is 0.506 e. The van der Waals surface area contributed by atoms with Crippen molar-refractivity contribution in [2.45, 2.75) is 0 Å². The molecule has 0 heterocycles. The number of halogens is 2. The molecule has 0 saturated carbocycles. The van der Waals surface area contributed by atoms with Gasteiger partial charge in [-0.3, -0.25) is 5.43 Å². The van der Waals surface area contributed by atoms with Crippen molar-refractivity contribution in [1.29, 1.82) is 0 Å². The van der Waals surface area contributed by atoms with Gasteiger partial charge in [-0.1, -0.05) is 23.2 Å². The number of nitrogens with zero attached hydrogens (tertiary/aromatic N) is 1. The van der Waals surface area contributed by atoms with Crippen LogP contribution >= 0.6 is 35.4 Å². The number of benzene rings is 1. The summed E-state index contributed by atoms with van der Waals surface area (Å²) in [5.74, 6) is -0.684. The summed E-state index contributed by atoms with van der Waals surface area (Å²) in [7, 11) is 1.64. The zero-order valence-electron chi connectivity index (χ0n) is 8.66. The van der Waals surface area contributed by atoms with Crippen molar-refractivity contribution in [2.24, 2.45) is 5.10 Å². The summed E-state index contributed by atoms with van der Waals surface area (Å²) < 4.78 is 0. The second-order valence-corrected chi connectivity index (χ2v) is 4.10. The van der Waals surface area contributed by atoms with Gasteiger partial charge in [0.1, 0.15) is 10.8 Å². The molecule has 4 N–H and O–H groups in total. The van der Waals surface area contributed by atoms with Crippen LogP contribution in [-0.4, -0.2) is 28.6 Å². The van der Waals surface area contributed by atoms with Crippen LogP contribution in [0.2, 0.25) is 10.0 Å². The minimum absolute atomic E-state index is 0.0189. The SMILES string of the molecule is CNC(=S)N/N=C/c1cc(Cl)c(O)c(Cl)c1O. The summed E-state index contributed by atoms with van der Waals surface area (Å²) in [6.07, 6.45) is 1.27. The molecule has 1 aromatic rings. The number of phenolic OH excluding ortho intramolecular Hbond substituents is 2. The van der Waals surface area contributed by atoms with Crippen molar-refractivity contribution in [1.82, 2.24) is 10.7 Å². The normalized spacial score (nSPS) is 10.5. The van der Waals surface area contributed by atoms with Gasteiger partial charge in [-0.15, -0.1) is 0 Å². The number of nitrogens with one attached hydrogen (secondary N) is 2. The summed E-state index contributed by atoms with van der Waals surface area (Å²) >= 11 is 16.1. The number of hydrogen-bond acceptors (Lipinski definition) is 4. The van der Waals surface area contributed by atoms with Crippen LogP contribution in [0.1, 0.15) is 5.56 Å². The van der Waals surface area contributed by atoms with Gasteiger partial charge in [0, 0.05) is 12.6 Å². The zero-order valence-corrected chi connectivity index (χ0v) is 11.0. The predicted molar refractivity (Wildman–Crippen MR) is 72.2 cm³/mol. The third-order valence-electron chi connectivity index (χ3n) is 1.79. The summed E-state index contributed by atoms with van der Waals surface area (Å²) in [4.78, 5) is 0. The average molecular weight is 294 g/mol. The molecule has 17 heavy (non-hydrogen) atoms. The number of rotatable bonds is 2. The maximum Gasteiger partial charge on any atom is 0.186 e. The molecular weight excluding hydrogens is 285 g/mol. The molecule has 92 valence electrons. The Morgan fingerprint density at radius 1 is 1.41 bits per heavy atom. The van der Waals surface area contributed by atoms with Crippen LogP contribution in [0.25, 0.3) is 0 Å². The van der Waals surface area contributed by atoms with Gasteiger partial charge in [0.2, 0.25) is 0 Å². The third kappa shape index (κ3) is 3.36. The lowest BCUT2D eigenvalue weighted by molar-refractivity contribution is 0.450. The molecule has 8 heteroatoms. The first kappa shape index (κ1) is 13.8. The molecule has 0 radical (unpaired) electrons. The van der Waals surface area contributed by atoms with E-state index >= 15 is 0 Å². The first-order chi connectivity index (χ1) is 7.97. The molecule has 0 atom stereocenters. The highest BCUT2D eigenvalue weighted by molar-refractivity contribution is 7.80. The van der Waals surface area contributed by atoms with Gasteiger partial charge in [0.05, 0.1) is 11.2 Å². The van der Waals surface area contributed by atoms with E-state index in [-0.39, 0.29) is 27.1 Å². The number of hydrogen-bond donors (Lipinski definition) is 4. The van der Waals surface area contributed by atoms with Crippen LogP contribution in [0, 0.1) is 0 Å². The zero-order chi connectivity index (χ0) is 13.0. The second-order valence-electron chi connectivity index (χ2n) is 2.91. The summed E-state index contributed by atoms with van der Waals surface area (Å²) in [5.41, 5.74) is 2.75. The highest BCUT2D eigenvalue weighted by atomic mass is 35.5. The van der Waals surface area contributed by atoms with Crippen LogP contribution < -0.4 is 10.7 Å². The van der Waals surface area contributed by atoms with E-state index in [1.807, 2.05) is 0 Å². The standard InChI is InChI=1S/C9H9Cl2N3O2S/c1-12-9(17)14-13-3-4-2-5(10)8(16)6(11)7(4)15/h2-3,15-16H,1H3,(H2,12,14,17)/b13-3+. The monoisotopic (exact) mass is 293 g/mol. The topological polar surface area (TPSA) is 76.9 Å². The number of hydrazone groups is 1. The number of thiocarbonyl (C=S) groups is 1. The predicted octanol–water partition coefficient (Wildman–Crippen LogP) is 1.83. The van der Waals surface area contributed by atoms with Gasteiger partial charge in [0.25, 0.3) is 0 Å². The molecule has 0 unspecified atom stereocenters. The minimum atomic E-state index is -0.373. The van der Waals surface area contributed by atoms with Crippen molar-refractivity contribution in [3.8, 4) is 11.5 Å². The Balaban J connectivity index is 2.96. The first-order valence-electron chi connectivity index (χ1n) is 4.38. The maximum absolute atomic E-state index is 9.61. The highest BCUT2D eigenvalue weighted by Gasteiger charge is 2.13. The van der Waals surface area contributed by atoms with E-state index in [1.54, 1.807) is 7.05 Å². The quantitative estimate of drug-likeness (QED) is 0.380. The maximum atomic E-state index is 9.61. The van der Waals surface area contributed by atoms with E-state index in [0.717, 1.165) is 0 Å². The van der Waals surface area contributed by atoms with E-state index in [2.05, 4.69) is 15.8 Å². The average Bonchev–Trinajstić information content (AvgIpc) is 2.32. The van der Waals surface area contributed by atoms with Crippen molar-refractivity contribution in [2.75, 3.05) is 7.05 Å². The smallest absolute Gasteiger partial charge is 0.186 e. The molecule has 5 nitrogen and oxygen atoms in total. The van der Waals surface area contributed by atoms with Crippen molar-refractivity contribution >= 4 is 46.7 Å². The molecule has 0 amide bonds. The van der Waals surface area contributed by atoms with Gasteiger partial charge in [0.15, 0.2) is 10.9 Å². The fraction of sp³-hybridized carbons (Fsp3) is 0.111. The lowest BCUT2D eigenvalue weighted by atomic mass is 10.2. The van der Waals surface area contributed by atoms with Gasteiger partial charge in [-0.05, 0) is 18.3 Å². The number of phenols is 2. The molecule has 0 aromatic heterocycles. The van der Waals surface area contributed by atoms with E-state index in [0.29, 0.717) is 5.11 Å². The van der Waals surface area contributed by atoms with E-state index in [1.165, 1.54) is 12.3 Å². The molecule has 1 aromatic carbocycles. The van der Waals surface area contributed by atoms with E-state index < -0.39 is 0 Å². The number of aromatic hydroxyl groups is 2. The Hall–Kier alpha value is -1.24. The molecule has 0 fully saturated rings. The molecule has 0 aliphatic rings. The Labute approximate surface area is 113 Å². The molecule has 0 aliphatic heterocycles. The van der Waals surface area contributed by atoms with Crippen LogP contribution in [0.5, 0.6) is 11.5 Å². The third-order valence-corrected chi connectivity index (χ3v) is 2.74. The van der Waals surface area contributed by atoms with Gasteiger partial charge < -0.3 is 15.5 Å². The van der Waals surface area contributed by atoms with E-state index in [4.69, 9.17) is 35.4 Å². The van der Waals surface area contributed by atoms with Crippen LogP contribution in [-0.2, 0) is 0 Å². The first-order valence-corrected chi connectivity index (χ1v) is 5.54. The van der Waals surface area contributed by atoms with Gasteiger partial charge >= 0.3 is 0 Å². The van der Waals surface area contributed by atoms with Crippen molar-refractivity contribution in [3.05, 3.63) is 21.7 Å². The highest BCUT2D eigenvalue weighted by Crippen LogP contribution is 2.40. The lowest BCUT2D eigenvalue weighted by Gasteiger charge is -2.06. The lowest BCUT2D eigenvalue weighted by Crippen LogP contribution is -2.28. The summed E-state index contributed by atoms with van der Waals surface area (Å²) in [5, 5.41) is 25.5. The Morgan fingerprint density at radius 3 is 2.65 bits per heavy atom. The fourth-order valence-corrected chi connectivity index (χ4v) is 1.46. The van der Waals surface area contributed by atoms with Gasteiger partial charge in [-0.2, -0.15) is 5.10 Å². The minimum Gasteiger partial charge on any atom is -0.506 e. The Morgan fingerprint density at radius 2 is 2.06 bits per heavy atom. The Bertz CT molecular complexity index is 480. The van der Waals surface area contributed by atoms with Crippen LogP contribution in [0.15, 0.2) is 11.2 Å². The molecule has 0 spiro atoms. The van der Waals surface area contributed by atoms with Crippen LogP contribution in [0.4, 0.5) is 0 Å². The molecular formula is C9H9Cl2N3O2S. The molecule has 0 aliphatic carbocycles. The molecule has 0 bridgehead atoms. The van der Waals surface area contributed by atoms with E-state index in [9.17, 15) is 10.2 Å². The molecule has 0 saturated heterocycles. The molecule has 1 rings (SSSR count). The second kappa shape index (κ2) is 5.90. The van der Waals surface area contributed by atoms with Gasteiger partial charge in [-0.25, -0.2) is 0 Å².